The number of likely N-dealkylation sites (N-methyl/N-ethyl adjacent to an activating group) is 1. The summed E-state index contributed by atoms with van der Waals surface area (Å²) in [5, 5.41) is 7.19. The first-order valence-corrected chi connectivity index (χ1v) is 12.2. The molecule has 2 N–H and O–H groups in total. The lowest BCUT2D eigenvalue weighted by atomic mass is 9.95. The fraction of sp³-hybridized carbons (Fsp3) is 0.400. The van der Waals surface area contributed by atoms with Crippen LogP contribution in [0.5, 0.6) is 0 Å². The fourth-order valence-electron chi connectivity index (χ4n) is 4.44. The molecule has 2 aromatic heterocycles. The maximum atomic E-state index is 13.0. The number of pyridine rings is 1. The molecule has 0 saturated heterocycles. The first-order chi connectivity index (χ1) is 15.8. The monoisotopic (exact) mass is 462 g/mol. The maximum absolute atomic E-state index is 13.0. The quantitative estimate of drug-likeness (QED) is 0.552. The Morgan fingerprint density at radius 2 is 2.12 bits per heavy atom. The van der Waals surface area contributed by atoms with Crippen LogP contribution in [0.3, 0.4) is 0 Å². The van der Waals surface area contributed by atoms with Crippen LogP contribution in [0.2, 0.25) is 0 Å². The summed E-state index contributed by atoms with van der Waals surface area (Å²) < 4.78 is 1.17. The summed E-state index contributed by atoms with van der Waals surface area (Å²) in [6.45, 7) is 5.38. The number of anilines is 3. The number of fused-ring (bicyclic) bond motifs is 2. The Labute approximate surface area is 198 Å². The predicted molar refractivity (Wildman–Crippen MR) is 135 cm³/mol. The molecule has 0 radical (unpaired) electrons. The number of amides is 1. The first-order valence-electron chi connectivity index (χ1n) is 11.3. The minimum Gasteiger partial charge on any atom is -0.363 e. The number of nitrogens with one attached hydrogen (secondary N) is 2. The van der Waals surface area contributed by atoms with Crippen molar-refractivity contribution in [3.63, 3.8) is 0 Å². The van der Waals surface area contributed by atoms with Crippen LogP contribution in [-0.2, 0) is 11.2 Å². The molecule has 0 spiro atoms. The Morgan fingerprint density at radius 1 is 1.27 bits per heavy atom. The van der Waals surface area contributed by atoms with Crippen molar-refractivity contribution in [1.29, 1.82) is 0 Å². The van der Waals surface area contributed by atoms with Crippen molar-refractivity contribution in [2.75, 3.05) is 37.8 Å². The van der Waals surface area contributed by atoms with E-state index in [0.29, 0.717) is 6.54 Å². The Bertz CT molecular complexity index is 1230. The van der Waals surface area contributed by atoms with E-state index >= 15 is 0 Å². The van der Waals surface area contributed by atoms with E-state index in [9.17, 15) is 4.79 Å². The van der Waals surface area contributed by atoms with Gasteiger partial charge in [-0.05, 0) is 64.2 Å². The van der Waals surface area contributed by atoms with Gasteiger partial charge in [0.15, 0.2) is 0 Å². The molecule has 0 fully saturated rings. The van der Waals surface area contributed by atoms with E-state index in [2.05, 4.69) is 38.8 Å². The highest BCUT2D eigenvalue weighted by Gasteiger charge is 2.35. The van der Waals surface area contributed by atoms with Crippen LogP contribution in [0.15, 0.2) is 47.6 Å². The smallest absolute Gasteiger partial charge is 0.242 e. The number of nitrogens with zero attached hydrogens (tertiary/aromatic N) is 4. The van der Waals surface area contributed by atoms with Gasteiger partial charge in [-0.1, -0.05) is 6.08 Å². The van der Waals surface area contributed by atoms with E-state index in [1.54, 1.807) is 11.3 Å². The van der Waals surface area contributed by atoms with E-state index in [1.807, 2.05) is 61.6 Å². The van der Waals surface area contributed by atoms with Crippen LogP contribution in [0.25, 0.3) is 10.2 Å². The summed E-state index contributed by atoms with van der Waals surface area (Å²) in [7, 11) is 3.91. The Kier molecular flexibility index (Phi) is 5.58. The predicted octanol–water partition coefficient (Wildman–Crippen LogP) is 4.27. The molecule has 7 nitrogen and oxygen atoms in total. The van der Waals surface area contributed by atoms with Crippen LogP contribution >= 0.6 is 11.3 Å². The molecule has 1 atom stereocenters. The molecule has 8 heteroatoms. The number of aromatic nitrogens is 2. The lowest BCUT2D eigenvalue weighted by Gasteiger charge is -2.38. The number of benzene rings is 1. The van der Waals surface area contributed by atoms with Gasteiger partial charge >= 0.3 is 0 Å². The summed E-state index contributed by atoms with van der Waals surface area (Å²) in [6, 6.07) is 8.52. The van der Waals surface area contributed by atoms with Crippen molar-refractivity contribution >= 4 is 44.7 Å². The molecule has 2 aliphatic rings. The van der Waals surface area contributed by atoms with Crippen molar-refractivity contribution in [1.82, 2.24) is 19.8 Å². The fourth-order valence-corrected chi connectivity index (χ4v) is 5.15. The summed E-state index contributed by atoms with van der Waals surface area (Å²) in [4.78, 5) is 25.9. The zero-order chi connectivity index (χ0) is 23.2. The van der Waals surface area contributed by atoms with Gasteiger partial charge in [-0.3, -0.25) is 9.69 Å². The zero-order valence-electron chi connectivity index (χ0n) is 19.6. The number of hydrogen-bond donors (Lipinski definition) is 2. The van der Waals surface area contributed by atoms with Crippen molar-refractivity contribution in [3.05, 3.63) is 53.2 Å². The molecule has 0 aliphatic carbocycles. The van der Waals surface area contributed by atoms with Gasteiger partial charge in [-0.15, -0.1) is 11.3 Å². The number of hydrogen-bond acceptors (Lipinski definition) is 7. The Balaban J connectivity index is 1.29. The van der Waals surface area contributed by atoms with E-state index in [1.165, 1.54) is 15.8 Å². The second kappa shape index (κ2) is 8.43. The van der Waals surface area contributed by atoms with E-state index in [4.69, 9.17) is 0 Å². The number of rotatable bonds is 5. The first kappa shape index (κ1) is 21.9. The minimum atomic E-state index is -0.500. The SMILES string of the molecule is CN(C)C(C)(C)C(=O)N1CC=C(C2Cc3c(Nc4ccc5ncsc5c4)ccnc3N2)CC1. The molecular weight excluding hydrogens is 432 g/mol. The largest absolute Gasteiger partial charge is 0.363 e. The topological polar surface area (TPSA) is 73.4 Å². The van der Waals surface area contributed by atoms with E-state index in [-0.39, 0.29) is 11.9 Å². The highest BCUT2D eigenvalue weighted by atomic mass is 32.1. The second-order valence-electron chi connectivity index (χ2n) is 9.48. The van der Waals surface area contributed by atoms with E-state index in [0.717, 1.165) is 42.1 Å². The van der Waals surface area contributed by atoms with Gasteiger partial charge in [0.1, 0.15) is 5.82 Å². The van der Waals surface area contributed by atoms with Gasteiger partial charge in [-0.25, -0.2) is 9.97 Å². The number of carbonyl (C=O) groups excluding carboxylic acids is 1. The van der Waals surface area contributed by atoms with Gasteiger partial charge in [0.05, 0.1) is 27.3 Å². The highest BCUT2D eigenvalue weighted by Crippen LogP contribution is 2.36. The van der Waals surface area contributed by atoms with Crippen molar-refractivity contribution < 1.29 is 4.79 Å². The lowest BCUT2D eigenvalue weighted by molar-refractivity contribution is -0.140. The Hall–Kier alpha value is -2.97. The molecule has 4 heterocycles. The van der Waals surface area contributed by atoms with Crippen LogP contribution in [0.1, 0.15) is 25.8 Å². The molecule has 1 amide bonds. The highest BCUT2D eigenvalue weighted by molar-refractivity contribution is 7.16. The third kappa shape index (κ3) is 4.09. The van der Waals surface area contributed by atoms with Crippen LogP contribution in [0, 0.1) is 0 Å². The van der Waals surface area contributed by atoms with Gasteiger partial charge in [0.2, 0.25) is 5.91 Å². The van der Waals surface area contributed by atoms with Crippen molar-refractivity contribution in [3.8, 4) is 0 Å². The van der Waals surface area contributed by atoms with E-state index < -0.39 is 5.54 Å². The average Bonchev–Trinajstić information content (AvgIpc) is 3.46. The third-order valence-corrected chi connectivity index (χ3v) is 7.80. The zero-order valence-corrected chi connectivity index (χ0v) is 20.4. The normalized spacial score (nSPS) is 18.3. The molecule has 33 heavy (non-hydrogen) atoms. The molecule has 0 saturated carbocycles. The average molecular weight is 463 g/mol. The standard InChI is InChI=1S/C25H30N6OS/c1-25(2,30(3)4)24(32)31-11-8-16(9-12-31)21-14-18-19(7-10-26-23(18)29-21)28-17-5-6-20-22(13-17)33-15-27-20/h5-8,10,13,15,21H,9,11-12,14H2,1-4H3,(H2,26,28,29). The molecule has 5 rings (SSSR count). The number of thiazole rings is 1. The summed E-state index contributed by atoms with van der Waals surface area (Å²) in [6.07, 6.45) is 5.84. The molecule has 3 aromatic rings. The number of carbonyl (C=O) groups is 1. The van der Waals surface area contributed by atoms with Crippen LogP contribution in [-0.4, -0.2) is 64.4 Å². The molecule has 1 aromatic carbocycles. The third-order valence-electron chi connectivity index (χ3n) is 7.01. The summed E-state index contributed by atoms with van der Waals surface area (Å²) >= 11 is 1.65. The van der Waals surface area contributed by atoms with Crippen molar-refractivity contribution in [2.45, 2.75) is 38.3 Å². The minimum absolute atomic E-state index is 0.177. The molecule has 1 unspecified atom stereocenters. The maximum Gasteiger partial charge on any atom is 0.242 e. The molecular formula is C25H30N6OS. The summed E-state index contributed by atoms with van der Waals surface area (Å²) in [5.41, 5.74) is 7.11. The van der Waals surface area contributed by atoms with Crippen LogP contribution < -0.4 is 10.6 Å². The lowest BCUT2D eigenvalue weighted by Crippen LogP contribution is -2.54. The molecule has 172 valence electrons. The van der Waals surface area contributed by atoms with Gasteiger partial charge in [0, 0.05) is 42.6 Å². The second-order valence-corrected chi connectivity index (χ2v) is 10.4. The molecule has 2 aliphatic heterocycles. The van der Waals surface area contributed by atoms with Crippen molar-refractivity contribution in [2.24, 2.45) is 0 Å². The van der Waals surface area contributed by atoms with Gasteiger partial charge in [0.25, 0.3) is 0 Å². The summed E-state index contributed by atoms with van der Waals surface area (Å²) in [5.74, 6) is 1.12. The van der Waals surface area contributed by atoms with Gasteiger partial charge < -0.3 is 15.5 Å². The Morgan fingerprint density at radius 3 is 2.88 bits per heavy atom. The van der Waals surface area contributed by atoms with Crippen LogP contribution in [0.4, 0.5) is 17.2 Å². The van der Waals surface area contributed by atoms with Gasteiger partial charge in [-0.2, -0.15) is 0 Å². The molecule has 0 bridgehead atoms.